The molecule has 1 nitrogen and oxygen atoms in total. The number of aromatic nitrogens is 1. The third-order valence-electron chi connectivity index (χ3n) is 4.23. The first kappa shape index (κ1) is 11.5. The number of hydrogen-bond acceptors (Lipinski definition) is 0. The smallest absolute Gasteiger partial charge is 0.0497 e. The fraction of sp³-hybridized carbons (Fsp3) is 0.158. The fourth-order valence-corrected chi connectivity index (χ4v) is 3.31. The normalized spacial score (nSPS) is 11.7. The number of rotatable bonds is 1. The largest absolute Gasteiger partial charge is 0.341 e. The molecule has 0 N–H and O–H groups in total. The molecule has 0 fully saturated rings. The molecule has 0 bridgehead atoms. The Labute approximate surface area is 118 Å². The van der Waals surface area contributed by atoms with E-state index in [1.54, 1.807) is 0 Å². The zero-order chi connectivity index (χ0) is 13.7. The van der Waals surface area contributed by atoms with Crippen molar-refractivity contribution in [1.82, 2.24) is 4.57 Å². The van der Waals surface area contributed by atoms with Crippen molar-refractivity contribution < 1.29 is 0 Å². The van der Waals surface area contributed by atoms with Gasteiger partial charge in [0.05, 0.1) is 0 Å². The summed E-state index contributed by atoms with van der Waals surface area (Å²) < 4.78 is 2.42. The predicted molar refractivity (Wildman–Crippen MR) is 87.4 cm³/mol. The molecule has 0 spiro atoms. The Hall–Kier alpha value is -2.28. The quantitative estimate of drug-likeness (QED) is 0.438. The van der Waals surface area contributed by atoms with Crippen LogP contribution in [0.25, 0.3) is 32.6 Å². The molecule has 20 heavy (non-hydrogen) atoms. The van der Waals surface area contributed by atoms with E-state index in [0.29, 0.717) is 0 Å². The fourth-order valence-electron chi connectivity index (χ4n) is 3.31. The summed E-state index contributed by atoms with van der Waals surface area (Å²) >= 11 is 0. The SMILES string of the molecule is CCn1c2cc(C)ccc2c2c3ccccc3ccc21. The van der Waals surface area contributed by atoms with Crippen LogP contribution in [0, 0.1) is 6.92 Å². The Balaban J connectivity index is 2.34. The van der Waals surface area contributed by atoms with Gasteiger partial charge >= 0.3 is 0 Å². The molecule has 0 radical (unpaired) electrons. The van der Waals surface area contributed by atoms with Crippen LogP contribution in [0.1, 0.15) is 12.5 Å². The van der Waals surface area contributed by atoms with E-state index in [9.17, 15) is 0 Å². The molecular formula is C19H17N. The molecule has 0 aliphatic rings. The summed E-state index contributed by atoms with van der Waals surface area (Å²) in [5.74, 6) is 0. The lowest BCUT2D eigenvalue weighted by Crippen LogP contribution is -1.92. The minimum Gasteiger partial charge on any atom is -0.341 e. The van der Waals surface area contributed by atoms with Gasteiger partial charge in [0.1, 0.15) is 0 Å². The van der Waals surface area contributed by atoms with Gasteiger partial charge in [-0.25, -0.2) is 0 Å². The summed E-state index contributed by atoms with van der Waals surface area (Å²) in [5.41, 5.74) is 4.00. The van der Waals surface area contributed by atoms with Crippen LogP contribution in [0.15, 0.2) is 54.6 Å². The monoisotopic (exact) mass is 259 g/mol. The molecule has 1 heteroatoms. The van der Waals surface area contributed by atoms with E-state index in [1.807, 2.05) is 0 Å². The Morgan fingerprint density at radius 1 is 0.850 bits per heavy atom. The maximum atomic E-state index is 2.42. The van der Waals surface area contributed by atoms with Gasteiger partial charge in [0.25, 0.3) is 0 Å². The zero-order valence-electron chi connectivity index (χ0n) is 11.9. The Morgan fingerprint density at radius 2 is 1.70 bits per heavy atom. The van der Waals surface area contributed by atoms with Crippen LogP contribution in [-0.4, -0.2) is 4.57 Å². The highest BCUT2D eigenvalue weighted by molar-refractivity contribution is 6.20. The number of fused-ring (bicyclic) bond motifs is 5. The minimum absolute atomic E-state index is 1.00. The molecule has 1 heterocycles. The second kappa shape index (κ2) is 4.11. The highest BCUT2D eigenvalue weighted by atomic mass is 15.0. The van der Waals surface area contributed by atoms with Gasteiger partial charge in [-0.3, -0.25) is 0 Å². The van der Waals surface area contributed by atoms with Crippen LogP contribution in [0.2, 0.25) is 0 Å². The molecule has 0 unspecified atom stereocenters. The highest BCUT2D eigenvalue weighted by Gasteiger charge is 2.12. The number of hydrogen-bond donors (Lipinski definition) is 0. The van der Waals surface area contributed by atoms with E-state index < -0.39 is 0 Å². The average molecular weight is 259 g/mol. The predicted octanol–water partition coefficient (Wildman–Crippen LogP) is 5.28. The summed E-state index contributed by atoms with van der Waals surface area (Å²) in [5, 5.41) is 5.42. The molecule has 0 saturated carbocycles. The second-order valence-electron chi connectivity index (χ2n) is 5.45. The van der Waals surface area contributed by atoms with Gasteiger partial charge in [-0.15, -0.1) is 0 Å². The summed E-state index contributed by atoms with van der Waals surface area (Å²) in [6.07, 6.45) is 0. The van der Waals surface area contributed by atoms with Crippen LogP contribution >= 0.6 is 0 Å². The Kier molecular flexibility index (Phi) is 2.37. The molecule has 3 aromatic carbocycles. The van der Waals surface area contributed by atoms with Crippen molar-refractivity contribution >= 4 is 32.6 Å². The summed E-state index contributed by atoms with van der Waals surface area (Å²) in [7, 11) is 0. The van der Waals surface area contributed by atoms with Crippen molar-refractivity contribution in [2.75, 3.05) is 0 Å². The second-order valence-corrected chi connectivity index (χ2v) is 5.45. The lowest BCUT2D eigenvalue weighted by Gasteiger charge is -2.04. The van der Waals surface area contributed by atoms with Crippen molar-refractivity contribution in [2.24, 2.45) is 0 Å². The first-order chi connectivity index (χ1) is 9.79. The van der Waals surface area contributed by atoms with Crippen LogP contribution in [-0.2, 0) is 6.54 Å². The molecule has 4 rings (SSSR count). The lowest BCUT2D eigenvalue weighted by molar-refractivity contribution is 0.827. The van der Waals surface area contributed by atoms with Crippen molar-refractivity contribution in [3.8, 4) is 0 Å². The van der Waals surface area contributed by atoms with E-state index in [0.717, 1.165) is 6.54 Å². The van der Waals surface area contributed by atoms with Crippen LogP contribution in [0.3, 0.4) is 0 Å². The van der Waals surface area contributed by atoms with Crippen LogP contribution in [0.4, 0.5) is 0 Å². The van der Waals surface area contributed by atoms with Crippen molar-refractivity contribution in [3.63, 3.8) is 0 Å². The first-order valence-corrected chi connectivity index (χ1v) is 7.20. The molecule has 0 saturated heterocycles. The maximum Gasteiger partial charge on any atom is 0.0497 e. The van der Waals surface area contributed by atoms with Crippen molar-refractivity contribution in [1.29, 1.82) is 0 Å². The van der Waals surface area contributed by atoms with Gasteiger partial charge in [0.2, 0.25) is 0 Å². The topological polar surface area (TPSA) is 4.93 Å². The summed E-state index contributed by atoms with van der Waals surface area (Å²) in [4.78, 5) is 0. The lowest BCUT2D eigenvalue weighted by atomic mass is 10.0. The van der Waals surface area contributed by atoms with Crippen LogP contribution in [0.5, 0.6) is 0 Å². The third-order valence-corrected chi connectivity index (χ3v) is 4.23. The van der Waals surface area contributed by atoms with Gasteiger partial charge in [-0.1, -0.05) is 42.5 Å². The number of aryl methyl sites for hydroxylation is 2. The summed E-state index contributed by atoms with van der Waals surface area (Å²) in [6, 6.07) is 19.9. The van der Waals surface area contributed by atoms with Gasteiger partial charge in [0.15, 0.2) is 0 Å². The molecule has 0 atom stereocenters. The number of benzene rings is 3. The van der Waals surface area contributed by atoms with E-state index in [1.165, 1.54) is 38.1 Å². The molecule has 0 aliphatic carbocycles. The molecule has 1 aromatic heterocycles. The zero-order valence-corrected chi connectivity index (χ0v) is 11.9. The minimum atomic E-state index is 1.00. The molecule has 0 aliphatic heterocycles. The molecular weight excluding hydrogens is 242 g/mol. The Morgan fingerprint density at radius 3 is 2.55 bits per heavy atom. The standard InChI is InChI=1S/C19H17N/c1-3-20-17-11-9-14-6-4-5-7-15(14)19(17)16-10-8-13(2)12-18(16)20/h4-12H,3H2,1-2H3. The van der Waals surface area contributed by atoms with Gasteiger partial charge in [-0.2, -0.15) is 0 Å². The number of nitrogens with zero attached hydrogens (tertiary/aromatic N) is 1. The summed E-state index contributed by atoms with van der Waals surface area (Å²) in [6.45, 7) is 5.38. The molecule has 98 valence electrons. The molecule has 4 aromatic rings. The van der Waals surface area contributed by atoms with Gasteiger partial charge < -0.3 is 4.57 Å². The molecule has 0 amide bonds. The van der Waals surface area contributed by atoms with Crippen molar-refractivity contribution in [3.05, 3.63) is 60.2 Å². The first-order valence-electron chi connectivity index (χ1n) is 7.20. The highest BCUT2D eigenvalue weighted by Crippen LogP contribution is 2.34. The van der Waals surface area contributed by atoms with Gasteiger partial charge in [-0.05, 0) is 42.3 Å². The van der Waals surface area contributed by atoms with Crippen LogP contribution < -0.4 is 0 Å². The van der Waals surface area contributed by atoms with Crippen molar-refractivity contribution in [2.45, 2.75) is 20.4 Å². The van der Waals surface area contributed by atoms with E-state index in [4.69, 9.17) is 0 Å². The van der Waals surface area contributed by atoms with E-state index in [-0.39, 0.29) is 0 Å². The average Bonchev–Trinajstić information content (AvgIpc) is 2.80. The third kappa shape index (κ3) is 1.44. The van der Waals surface area contributed by atoms with Gasteiger partial charge in [0, 0.05) is 28.4 Å². The maximum absolute atomic E-state index is 2.42. The van der Waals surface area contributed by atoms with E-state index in [2.05, 4.69) is 73.0 Å². The Bertz CT molecular complexity index is 944. The van der Waals surface area contributed by atoms with E-state index >= 15 is 0 Å².